The number of amides is 1. The number of aromatic nitrogens is 1. The maximum absolute atomic E-state index is 12.6. The zero-order chi connectivity index (χ0) is 18.5. The summed E-state index contributed by atoms with van der Waals surface area (Å²) in [7, 11) is -3.61. The lowest BCUT2D eigenvalue weighted by atomic mass is 9.97. The molecule has 1 aromatic carbocycles. The van der Waals surface area contributed by atoms with Gasteiger partial charge in [0.05, 0.1) is 5.69 Å². The van der Waals surface area contributed by atoms with E-state index in [1.165, 1.54) is 0 Å². The molecule has 11 heteroatoms. The number of hydrogen-bond donors (Lipinski definition) is 2. The number of para-hydroxylation sites is 1. The van der Waals surface area contributed by atoms with Gasteiger partial charge in [0, 0.05) is 25.9 Å². The van der Waals surface area contributed by atoms with Crippen LogP contribution in [0.25, 0.3) is 0 Å². The number of hydrogen-bond acceptors (Lipinski definition) is 6. The van der Waals surface area contributed by atoms with Crippen LogP contribution in [0.15, 0.2) is 29.2 Å². The number of carbonyl (C=O) groups excluding carboxylic acids is 1. The molecule has 0 saturated carbocycles. The normalized spacial score (nSPS) is 20.5. The number of nitrogens with zero attached hydrogens (tertiary/aromatic N) is 2. The van der Waals surface area contributed by atoms with Crippen molar-refractivity contribution in [2.45, 2.75) is 23.4 Å². The van der Waals surface area contributed by atoms with Crippen molar-refractivity contribution in [3.8, 4) is 0 Å². The van der Waals surface area contributed by atoms with Gasteiger partial charge < -0.3 is 10.2 Å². The van der Waals surface area contributed by atoms with Crippen LogP contribution < -0.4 is 10.0 Å². The van der Waals surface area contributed by atoms with Crippen molar-refractivity contribution in [3.05, 3.63) is 39.3 Å². The second-order valence-corrected chi connectivity index (χ2v) is 9.62. The number of anilines is 1. The number of nitrogens with one attached hydrogen (secondary N) is 2. The van der Waals surface area contributed by atoms with Crippen molar-refractivity contribution in [1.29, 1.82) is 0 Å². The Morgan fingerprint density at radius 2 is 1.92 bits per heavy atom. The fraction of sp³-hybridized carbons (Fsp3) is 0.333. The maximum atomic E-state index is 12.6. The van der Waals surface area contributed by atoms with Crippen molar-refractivity contribution < 1.29 is 13.2 Å². The number of sulfonamides is 1. The van der Waals surface area contributed by atoms with Gasteiger partial charge in [0.2, 0.25) is 10.0 Å². The number of halogens is 2. The third-order valence-corrected chi connectivity index (χ3v) is 7.79. The van der Waals surface area contributed by atoms with Crippen molar-refractivity contribution in [1.82, 2.24) is 14.0 Å². The van der Waals surface area contributed by atoms with Crippen LogP contribution in [0, 0.1) is 0 Å². The van der Waals surface area contributed by atoms with E-state index in [0.717, 1.165) is 11.5 Å². The van der Waals surface area contributed by atoms with Gasteiger partial charge in [0.25, 0.3) is 5.91 Å². The summed E-state index contributed by atoms with van der Waals surface area (Å²) < 4.78 is 32.1. The molecule has 0 aliphatic carbocycles. The van der Waals surface area contributed by atoms with Crippen LogP contribution in [-0.4, -0.2) is 42.4 Å². The zero-order valence-corrected chi connectivity index (χ0v) is 16.5. The van der Waals surface area contributed by atoms with Crippen LogP contribution in [0.4, 0.5) is 5.69 Å². The Kier molecular flexibility index (Phi) is 4.39. The highest BCUT2D eigenvalue weighted by Crippen LogP contribution is 2.36. The van der Waals surface area contributed by atoms with E-state index in [4.69, 9.17) is 23.2 Å². The van der Waals surface area contributed by atoms with Crippen LogP contribution in [0.2, 0.25) is 9.36 Å². The van der Waals surface area contributed by atoms with Crippen molar-refractivity contribution in [2.24, 2.45) is 0 Å². The second-order valence-electron chi connectivity index (χ2n) is 6.22. The Bertz CT molecular complexity index is 985. The average molecular weight is 433 g/mol. The molecule has 0 bridgehead atoms. The first-order valence-electron chi connectivity index (χ1n) is 7.82. The van der Waals surface area contributed by atoms with E-state index in [1.807, 2.05) is 0 Å². The van der Waals surface area contributed by atoms with Crippen LogP contribution in [-0.2, 0) is 10.0 Å². The van der Waals surface area contributed by atoms with Gasteiger partial charge in [-0.05, 0) is 23.7 Å². The third-order valence-electron chi connectivity index (χ3n) is 4.58. The van der Waals surface area contributed by atoms with Gasteiger partial charge in [0.15, 0.2) is 5.69 Å². The first-order valence-corrected chi connectivity index (χ1v) is 10.8. The highest BCUT2D eigenvalue weighted by molar-refractivity contribution is 7.89. The van der Waals surface area contributed by atoms with Crippen LogP contribution >= 0.6 is 34.7 Å². The van der Waals surface area contributed by atoms with E-state index in [-0.39, 0.29) is 25.9 Å². The molecule has 1 aromatic heterocycles. The molecule has 0 radical (unpaired) electrons. The summed E-state index contributed by atoms with van der Waals surface area (Å²) in [5.74, 6) is -0.299. The molecule has 26 heavy (non-hydrogen) atoms. The summed E-state index contributed by atoms with van der Waals surface area (Å²) in [6.45, 7) is 0.726. The highest BCUT2D eigenvalue weighted by Gasteiger charge is 2.44. The van der Waals surface area contributed by atoms with Gasteiger partial charge in [-0.2, -0.15) is 9.10 Å². The van der Waals surface area contributed by atoms with Gasteiger partial charge in [-0.3, -0.25) is 4.79 Å². The van der Waals surface area contributed by atoms with E-state index >= 15 is 0 Å². The van der Waals surface area contributed by atoms with E-state index in [9.17, 15) is 13.2 Å². The smallest absolute Gasteiger partial charge is 0.275 e. The molecule has 3 heterocycles. The maximum Gasteiger partial charge on any atom is 0.275 e. The lowest BCUT2D eigenvalue weighted by Crippen LogP contribution is -2.62. The summed E-state index contributed by atoms with van der Waals surface area (Å²) in [5.41, 5.74) is -0.103. The Morgan fingerprint density at radius 3 is 2.58 bits per heavy atom. The summed E-state index contributed by atoms with van der Waals surface area (Å²) >= 11 is 12.9. The molecule has 1 saturated heterocycles. The average Bonchev–Trinajstić information content (AvgIpc) is 2.93. The molecule has 1 amide bonds. The summed E-state index contributed by atoms with van der Waals surface area (Å²) in [4.78, 5) is 14.4. The third kappa shape index (κ3) is 2.97. The predicted octanol–water partition coefficient (Wildman–Crippen LogP) is 2.79. The standard InChI is InChI=1S/C15H14Cl2N4O3S2/c16-11-12(19-25-13(11)17)14(22)21-7-5-15(6-8-21)18-9-3-1-2-4-10(9)26(23,24)20-15/h1-4,18,20H,5-8H2. The number of piperidine rings is 1. The van der Waals surface area contributed by atoms with E-state index in [2.05, 4.69) is 14.4 Å². The molecule has 2 aliphatic rings. The zero-order valence-electron chi connectivity index (χ0n) is 13.3. The number of benzene rings is 1. The first-order chi connectivity index (χ1) is 12.3. The molecule has 0 unspecified atom stereocenters. The predicted molar refractivity (Wildman–Crippen MR) is 100 cm³/mol. The van der Waals surface area contributed by atoms with Crippen LogP contribution in [0.1, 0.15) is 23.3 Å². The number of rotatable bonds is 1. The molecule has 4 rings (SSSR count). The van der Waals surface area contributed by atoms with Gasteiger partial charge in [0.1, 0.15) is 19.9 Å². The number of fused-ring (bicyclic) bond motifs is 1. The lowest BCUT2D eigenvalue weighted by Gasteiger charge is -2.45. The van der Waals surface area contributed by atoms with Gasteiger partial charge in [-0.1, -0.05) is 35.3 Å². The molecule has 2 aromatic rings. The second kappa shape index (κ2) is 6.35. The highest BCUT2D eigenvalue weighted by atomic mass is 35.5. The topological polar surface area (TPSA) is 91.4 Å². The van der Waals surface area contributed by atoms with Crippen LogP contribution in [0.5, 0.6) is 0 Å². The minimum atomic E-state index is -3.61. The molecule has 0 atom stereocenters. The summed E-state index contributed by atoms with van der Waals surface area (Å²) in [6.07, 6.45) is 0.837. The van der Waals surface area contributed by atoms with Gasteiger partial charge in [-0.25, -0.2) is 8.42 Å². The molecule has 138 valence electrons. The fourth-order valence-corrected chi connectivity index (χ4v) is 5.79. The quantitative estimate of drug-likeness (QED) is 0.722. The molecular weight excluding hydrogens is 419 g/mol. The fourth-order valence-electron chi connectivity index (χ4n) is 3.26. The Morgan fingerprint density at radius 1 is 1.23 bits per heavy atom. The molecule has 7 nitrogen and oxygen atoms in total. The largest absolute Gasteiger partial charge is 0.365 e. The lowest BCUT2D eigenvalue weighted by molar-refractivity contribution is 0.0671. The van der Waals surface area contributed by atoms with Crippen molar-refractivity contribution >= 4 is 56.4 Å². The number of likely N-dealkylation sites (tertiary alicyclic amines) is 1. The van der Waals surface area contributed by atoms with E-state index < -0.39 is 15.7 Å². The van der Waals surface area contributed by atoms with E-state index in [0.29, 0.717) is 31.6 Å². The number of carbonyl (C=O) groups is 1. The first kappa shape index (κ1) is 18.0. The minimum Gasteiger partial charge on any atom is -0.365 e. The minimum absolute atomic E-state index is 0.139. The van der Waals surface area contributed by atoms with Gasteiger partial charge >= 0.3 is 0 Å². The monoisotopic (exact) mass is 432 g/mol. The molecule has 2 N–H and O–H groups in total. The SMILES string of the molecule is O=C(c1nsc(Cl)c1Cl)N1CCC2(CC1)Nc1ccccc1S(=O)(=O)N2. The Labute approximate surface area is 164 Å². The molecule has 1 fully saturated rings. The van der Waals surface area contributed by atoms with Gasteiger partial charge in [-0.15, -0.1) is 0 Å². The van der Waals surface area contributed by atoms with Crippen LogP contribution in [0.3, 0.4) is 0 Å². The summed E-state index contributed by atoms with van der Waals surface area (Å²) in [5, 5.41) is 3.45. The Hall–Kier alpha value is -1.39. The Balaban J connectivity index is 1.54. The molecular formula is C15H14Cl2N4O3S2. The summed E-state index contributed by atoms with van der Waals surface area (Å²) in [6, 6.07) is 6.77. The van der Waals surface area contributed by atoms with E-state index in [1.54, 1.807) is 29.2 Å². The molecule has 1 spiro atoms. The van der Waals surface area contributed by atoms with Crippen molar-refractivity contribution in [2.75, 3.05) is 18.4 Å². The van der Waals surface area contributed by atoms with Crippen molar-refractivity contribution in [3.63, 3.8) is 0 Å². The molecule has 2 aliphatic heterocycles.